The fourth-order valence-electron chi connectivity index (χ4n) is 1.69. The topological polar surface area (TPSA) is 110 Å². The number of carbonyl (C=O) groups excluding carboxylic acids is 1. The summed E-state index contributed by atoms with van der Waals surface area (Å²) < 4.78 is 1.73. The fourth-order valence-corrected chi connectivity index (χ4v) is 1.69. The van der Waals surface area contributed by atoms with Crippen LogP contribution in [-0.2, 0) is 0 Å². The first-order valence-corrected chi connectivity index (χ1v) is 5.67. The number of nitrogens with two attached hydrogens (primary N) is 1. The molecular formula is C13H12N4O3. The summed E-state index contributed by atoms with van der Waals surface area (Å²) in [5.41, 5.74) is 8.52. The Morgan fingerprint density at radius 2 is 2.10 bits per heavy atom. The Bertz CT molecular complexity index is 676. The first-order valence-electron chi connectivity index (χ1n) is 5.67. The maximum Gasteiger partial charge on any atom is 0.335 e. The van der Waals surface area contributed by atoms with Gasteiger partial charge in [-0.25, -0.2) is 15.0 Å². The molecular weight excluding hydrogens is 260 g/mol. The van der Waals surface area contributed by atoms with Gasteiger partial charge in [-0.3, -0.25) is 0 Å². The highest BCUT2D eigenvalue weighted by molar-refractivity contribution is 5.88. The van der Waals surface area contributed by atoms with Crippen LogP contribution in [0.2, 0.25) is 0 Å². The zero-order valence-electron chi connectivity index (χ0n) is 10.4. The molecule has 1 aromatic heterocycles. The minimum atomic E-state index is -0.996. The van der Waals surface area contributed by atoms with Gasteiger partial charge in [-0.05, 0) is 30.3 Å². The average Bonchev–Trinajstić information content (AvgIpc) is 2.87. The lowest BCUT2D eigenvalue weighted by molar-refractivity contribution is 0.0697. The summed E-state index contributed by atoms with van der Waals surface area (Å²) in [6, 6.07) is 9.26. The molecule has 0 unspecified atom stereocenters. The van der Waals surface area contributed by atoms with Crippen molar-refractivity contribution in [2.24, 2.45) is 10.8 Å². The van der Waals surface area contributed by atoms with E-state index in [9.17, 15) is 9.59 Å². The van der Waals surface area contributed by atoms with E-state index in [2.05, 4.69) is 10.5 Å². The Balaban J connectivity index is 2.32. The van der Waals surface area contributed by atoms with Gasteiger partial charge in [0.05, 0.1) is 17.5 Å². The van der Waals surface area contributed by atoms with Crippen molar-refractivity contribution < 1.29 is 14.7 Å². The summed E-state index contributed by atoms with van der Waals surface area (Å²) in [6.45, 7) is 0. The van der Waals surface area contributed by atoms with Crippen molar-refractivity contribution in [1.82, 2.24) is 9.99 Å². The number of amides is 2. The molecule has 1 aromatic carbocycles. The number of nitrogens with one attached hydrogen (secondary N) is 1. The van der Waals surface area contributed by atoms with Crippen LogP contribution in [0.1, 0.15) is 16.1 Å². The molecule has 102 valence electrons. The van der Waals surface area contributed by atoms with Gasteiger partial charge in [0.15, 0.2) is 0 Å². The van der Waals surface area contributed by atoms with Gasteiger partial charge in [-0.2, -0.15) is 5.10 Å². The molecule has 0 aliphatic rings. The fraction of sp³-hybridized carbons (Fsp3) is 0. The number of carboxylic acids is 1. The van der Waals surface area contributed by atoms with Gasteiger partial charge in [-0.1, -0.05) is 6.07 Å². The highest BCUT2D eigenvalue weighted by atomic mass is 16.4. The van der Waals surface area contributed by atoms with Crippen LogP contribution < -0.4 is 11.2 Å². The van der Waals surface area contributed by atoms with Crippen molar-refractivity contribution in [3.05, 3.63) is 53.9 Å². The Morgan fingerprint density at radius 1 is 1.30 bits per heavy atom. The second-order valence-corrected chi connectivity index (χ2v) is 3.89. The maximum absolute atomic E-state index is 11.0. The number of hydrogen-bond donors (Lipinski definition) is 3. The van der Waals surface area contributed by atoms with E-state index in [-0.39, 0.29) is 5.56 Å². The zero-order valence-corrected chi connectivity index (χ0v) is 10.4. The standard InChI is InChI=1S/C13H12N4O3/c14-13(20)16-15-8-11-5-2-6-17(11)10-4-1-3-9(7-10)12(18)19/h1-8H,(H,18,19)(H3,14,16,20)/b15-8-. The number of carboxylic acid groups (broad SMARTS) is 1. The summed E-state index contributed by atoms with van der Waals surface area (Å²) in [5.74, 6) is -0.996. The van der Waals surface area contributed by atoms with Gasteiger partial charge in [0, 0.05) is 11.9 Å². The summed E-state index contributed by atoms with van der Waals surface area (Å²) in [4.78, 5) is 21.5. The van der Waals surface area contributed by atoms with Crippen LogP contribution in [-0.4, -0.2) is 27.9 Å². The van der Waals surface area contributed by atoms with E-state index >= 15 is 0 Å². The maximum atomic E-state index is 11.0. The average molecular weight is 272 g/mol. The van der Waals surface area contributed by atoms with Crippen molar-refractivity contribution in [1.29, 1.82) is 0 Å². The molecule has 0 aliphatic heterocycles. The molecule has 2 rings (SSSR count). The normalized spacial score (nSPS) is 10.6. The second-order valence-electron chi connectivity index (χ2n) is 3.89. The van der Waals surface area contributed by atoms with Crippen molar-refractivity contribution in [3.8, 4) is 5.69 Å². The Hall–Kier alpha value is -3.09. The van der Waals surface area contributed by atoms with E-state index < -0.39 is 12.0 Å². The lowest BCUT2D eigenvalue weighted by atomic mass is 10.2. The van der Waals surface area contributed by atoms with Gasteiger partial charge in [-0.15, -0.1) is 0 Å². The third-order valence-corrected chi connectivity index (χ3v) is 2.52. The van der Waals surface area contributed by atoms with Gasteiger partial charge in [0.25, 0.3) is 0 Å². The molecule has 0 saturated heterocycles. The third kappa shape index (κ3) is 3.02. The quantitative estimate of drug-likeness (QED) is 0.574. The van der Waals surface area contributed by atoms with Crippen LogP contribution in [0.3, 0.4) is 0 Å². The molecule has 20 heavy (non-hydrogen) atoms. The van der Waals surface area contributed by atoms with Gasteiger partial charge in [0.1, 0.15) is 0 Å². The lowest BCUT2D eigenvalue weighted by Crippen LogP contribution is -2.24. The Kier molecular flexibility index (Phi) is 3.80. The van der Waals surface area contributed by atoms with Crippen molar-refractivity contribution >= 4 is 18.2 Å². The van der Waals surface area contributed by atoms with Crippen LogP contribution >= 0.6 is 0 Å². The van der Waals surface area contributed by atoms with E-state index in [0.29, 0.717) is 11.4 Å². The predicted molar refractivity (Wildman–Crippen MR) is 73.0 cm³/mol. The van der Waals surface area contributed by atoms with Crippen molar-refractivity contribution in [2.75, 3.05) is 0 Å². The summed E-state index contributed by atoms with van der Waals surface area (Å²) in [7, 11) is 0. The smallest absolute Gasteiger partial charge is 0.335 e. The van der Waals surface area contributed by atoms with Crippen LogP contribution in [0.5, 0.6) is 0 Å². The Morgan fingerprint density at radius 3 is 2.80 bits per heavy atom. The molecule has 0 saturated carbocycles. The van der Waals surface area contributed by atoms with E-state index in [1.165, 1.54) is 12.3 Å². The SMILES string of the molecule is NC(=O)N/N=C\c1cccn1-c1cccc(C(=O)O)c1. The number of rotatable bonds is 4. The van der Waals surface area contributed by atoms with Gasteiger partial charge in [0.2, 0.25) is 0 Å². The minimum absolute atomic E-state index is 0.189. The molecule has 4 N–H and O–H groups in total. The molecule has 0 atom stereocenters. The summed E-state index contributed by atoms with van der Waals surface area (Å²) in [6.07, 6.45) is 3.17. The van der Waals surface area contributed by atoms with Crippen LogP contribution in [0.4, 0.5) is 4.79 Å². The van der Waals surface area contributed by atoms with Crippen molar-refractivity contribution in [3.63, 3.8) is 0 Å². The van der Waals surface area contributed by atoms with Gasteiger partial charge < -0.3 is 15.4 Å². The van der Waals surface area contributed by atoms with Crippen LogP contribution in [0, 0.1) is 0 Å². The molecule has 1 heterocycles. The monoisotopic (exact) mass is 272 g/mol. The summed E-state index contributed by atoms with van der Waals surface area (Å²) in [5, 5.41) is 12.7. The molecule has 0 aliphatic carbocycles. The van der Waals surface area contributed by atoms with E-state index in [4.69, 9.17) is 10.8 Å². The molecule has 2 amide bonds. The van der Waals surface area contributed by atoms with Crippen molar-refractivity contribution in [2.45, 2.75) is 0 Å². The number of aromatic nitrogens is 1. The molecule has 0 fully saturated rings. The number of primary amides is 1. The number of aromatic carboxylic acids is 1. The van der Waals surface area contributed by atoms with E-state index in [1.807, 2.05) is 0 Å². The molecule has 7 nitrogen and oxygen atoms in total. The first-order chi connectivity index (χ1) is 9.58. The van der Waals surface area contributed by atoms with Gasteiger partial charge >= 0.3 is 12.0 Å². The van der Waals surface area contributed by atoms with E-state index in [0.717, 1.165) is 0 Å². The number of hydrazone groups is 1. The molecule has 0 bridgehead atoms. The largest absolute Gasteiger partial charge is 0.478 e. The molecule has 0 spiro atoms. The summed E-state index contributed by atoms with van der Waals surface area (Å²) >= 11 is 0. The van der Waals surface area contributed by atoms with Crippen LogP contribution in [0.15, 0.2) is 47.7 Å². The number of benzene rings is 1. The van der Waals surface area contributed by atoms with E-state index in [1.54, 1.807) is 41.1 Å². The predicted octanol–water partition coefficient (Wildman–Crippen LogP) is 1.18. The first kappa shape index (κ1) is 13.3. The third-order valence-electron chi connectivity index (χ3n) is 2.52. The minimum Gasteiger partial charge on any atom is -0.478 e. The van der Waals surface area contributed by atoms with Crippen LogP contribution in [0.25, 0.3) is 5.69 Å². The number of carbonyl (C=O) groups is 2. The highest BCUT2D eigenvalue weighted by Crippen LogP contribution is 2.13. The highest BCUT2D eigenvalue weighted by Gasteiger charge is 2.06. The molecule has 0 radical (unpaired) electrons. The number of nitrogens with zero attached hydrogens (tertiary/aromatic N) is 2. The number of urea groups is 1. The zero-order chi connectivity index (χ0) is 14.5. The lowest BCUT2D eigenvalue weighted by Gasteiger charge is -2.07. The number of hydrogen-bond acceptors (Lipinski definition) is 3. The second kappa shape index (κ2) is 5.70. The molecule has 2 aromatic rings. The Labute approximate surface area is 114 Å². The molecule has 7 heteroatoms.